The lowest BCUT2D eigenvalue weighted by molar-refractivity contribution is 1.51. The van der Waals surface area contributed by atoms with Gasteiger partial charge in [-0.05, 0) is 45.3 Å². The molecule has 5 aromatic rings. The van der Waals surface area contributed by atoms with Crippen LogP contribution in [0.3, 0.4) is 0 Å². The maximum absolute atomic E-state index is 2.29. The summed E-state index contributed by atoms with van der Waals surface area (Å²) in [5.74, 6) is 0. The molecule has 5 rings (SSSR count). The van der Waals surface area contributed by atoms with E-state index in [9.17, 15) is 0 Å². The Hall–Kier alpha value is -2.38. The highest BCUT2D eigenvalue weighted by Gasteiger charge is 2.11. The van der Waals surface area contributed by atoms with Crippen molar-refractivity contribution in [3.63, 3.8) is 0 Å². The molecule has 0 atom stereocenters. The number of fused-ring (bicyclic) bond motifs is 8. The SMILES string of the molecule is Cc1ccc2c(ccc3c4ccsc4c4ccccc4c23)c1. The minimum atomic E-state index is 1.31. The quantitative estimate of drug-likeness (QED) is 0.280. The molecule has 0 fully saturated rings. The summed E-state index contributed by atoms with van der Waals surface area (Å²) >= 11 is 1.84. The van der Waals surface area contributed by atoms with Crippen LogP contribution in [0.2, 0.25) is 0 Å². The predicted molar refractivity (Wildman–Crippen MR) is 99.1 cm³/mol. The summed E-state index contributed by atoms with van der Waals surface area (Å²) in [6.45, 7) is 2.16. The molecule has 0 unspecified atom stereocenters. The first-order valence-electron chi connectivity index (χ1n) is 7.54. The third kappa shape index (κ3) is 1.52. The molecule has 0 spiro atoms. The molecule has 1 heterocycles. The summed E-state index contributed by atoms with van der Waals surface area (Å²) in [6.07, 6.45) is 0. The molecule has 0 aliphatic carbocycles. The van der Waals surface area contributed by atoms with Crippen molar-refractivity contribution < 1.29 is 0 Å². The van der Waals surface area contributed by atoms with Crippen molar-refractivity contribution in [1.82, 2.24) is 0 Å². The first kappa shape index (κ1) is 12.2. The van der Waals surface area contributed by atoms with Crippen molar-refractivity contribution in [3.05, 3.63) is 71.6 Å². The van der Waals surface area contributed by atoms with Crippen molar-refractivity contribution in [2.75, 3.05) is 0 Å². The molecule has 1 aromatic heterocycles. The van der Waals surface area contributed by atoms with E-state index in [1.165, 1.54) is 48.0 Å². The van der Waals surface area contributed by atoms with Crippen LogP contribution in [0.4, 0.5) is 0 Å². The van der Waals surface area contributed by atoms with Crippen LogP contribution in [-0.4, -0.2) is 0 Å². The van der Waals surface area contributed by atoms with Gasteiger partial charge in [0.2, 0.25) is 0 Å². The molecule has 0 saturated carbocycles. The molecule has 22 heavy (non-hydrogen) atoms. The Labute approximate surface area is 132 Å². The third-order valence-electron chi connectivity index (χ3n) is 4.57. The molecule has 0 aliphatic rings. The first-order valence-corrected chi connectivity index (χ1v) is 8.42. The van der Waals surface area contributed by atoms with Gasteiger partial charge in [0.05, 0.1) is 0 Å². The number of rotatable bonds is 0. The molecule has 0 bridgehead atoms. The van der Waals surface area contributed by atoms with Crippen LogP contribution in [0.15, 0.2) is 66.0 Å². The zero-order chi connectivity index (χ0) is 14.7. The monoisotopic (exact) mass is 298 g/mol. The van der Waals surface area contributed by atoms with Crippen molar-refractivity contribution in [3.8, 4) is 0 Å². The summed E-state index contributed by atoms with van der Waals surface area (Å²) in [7, 11) is 0. The van der Waals surface area contributed by atoms with E-state index in [1.54, 1.807) is 0 Å². The molecular weight excluding hydrogens is 284 g/mol. The van der Waals surface area contributed by atoms with E-state index in [-0.39, 0.29) is 0 Å². The first-order chi connectivity index (χ1) is 10.8. The van der Waals surface area contributed by atoms with Crippen molar-refractivity contribution >= 4 is 53.7 Å². The Morgan fingerprint density at radius 1 is 0.682 bits per heavy atom. The van der Waals surface area contributed by atoms with E-state index in [0.717, 1.165) is 0 Å². The smallest absolute Gasteiger partial charge is 0.0427 e. The fourth-order valence-electron chi connectivity index (χ4n) is 3.59. The number of aryl methyl sites for hydroxylation is 1. The van der Waals surface area contributed by atoms with Gasteiger partial charge in [0.25, 0.3) is 0 Å². The van der Waals surface area contributed by atoms with Gasteiger partial charge >= 0.3 is 0 Å². The Bertz CT molecular complexity index is 1180. The zero-order valence-corrected chi connectivity index (χ0v) is 13.1. The average Bonchev–Trinajstić information content (AvgIpc) is 3.04. The maximum Gasteiger partial charge on any atom is 0.0427 e. The van der Waals surface area contributed by atoms with Crippen LogP contribution in [0.1, 0.15) is 5.56 Å². The molecular formula is C21H14S. The van der Waals surface area contributed by atoms with E-state index < -0.39 is 0 Å². The highest BCUT2D eigenvalue weighted by molar-refractivity contribution is 7.18. The second-order valence-corrected chi connectivity index (χ2v) is 6.84. The number of benzene rings is 4. The minimum absolute atomic E-state index is 1.31. The summed E-state index contributed by atoms with van der Waals surface area (Å²) in [4.78, 5) is 0. The third-order valence-corrected chi connectivity index (χ3v) is 5.52. The topological polar surface area (TPSA) is 0 Å². The molecule has 0 radical (unpaired) electrons. The standard InChI is InChI=1S/C21H14S/c1-13-6-8-15-14(12-13)7-9-17-19-10-11-22-21(19)18-5-3-2-4-16(18)20(15)17/h2-12H,1H3. The average molecular weight is 298 g/mol. The van der Waals surface area contributed by atoms with Gasteiger partial charge in [-0.2, -0.15) is 0 Å². The maximum atomic E-state index is 2.29. The molecule has 4 aromatic carbocycles. The Morgan fingerprint density at radius 2 is 1.41 bits per heavy atom. The van der Waals surface area contributed by atoms with Crippen LogP contribution in [0, 0.1) is 6.92 Å². The Morgan fingerprint density at radius 3 is 2.32 bits per heavy atom. The lowest BCUT2D eigenvalue weighted by Gasteiger charge is -2.10. The van der Waals surface area contributed by atoms with Gasteiger partial charge in [-0.15, -0.1) is 11.3 Å². The van der Waals surface area contributed by atoms with Crippen LogP contribution in [-0.2, 0) is 0 Å². The second-order valence-electron chi connectivity index (χ2n) is 5.92. The fraction of sp³-hybridized carbons (Fsp3) is 0.0476. The molecule has 0 aliphatic heterocycles. The molecule has 0 N–H and O–H groups in total. The van der Waals surface area contributed by atoms with E-state index in [0.29, 0.717) is 0 Å². The van der Waals surface area contributed by atoms with E-state index in [4.69, 9.17) is 0 Å². The summed E-state index contributed by atoms with van der Waals surface area (Å²) < 4.78 is 1.40. The summed E-state index contributed by atoms with van der Waals surface area (Å²) in [5.41, 5.74) is 1.31. The van der Waals surface area contributed by atoms with Crippen molar-refractivity contribution in [2.24, 2.45) is 0 Å². The molecule has 0 saturated heterocycles. The lowest BCUT2D eigenvalue weighted by atomic mass is 9.94. The van der Waals surface area contributed by atoms with Crippen molar-refractivity contribution in [1.29, 1.82) is 0 Å². The predicted octanol–water partition coefficient (Wildman–Crippen LogP) is 6.67. The molecule has 0 amide bonds. The Kier molecular flexibility index (Phi) is 2.39. The van der Waals surface area contributed by atoms with Crippen LogP contribution >= 0.6 is 11.3 Å². The normalized spacial score (nSPS) is 11.9. The summed E-state index contributed by atoms with van der Waals surface area (Å²) in [5, 5.41) is 11.7. The number of hydrogen-bond donors (Lipinski definition) is 0. The zero-order valence-electron chi connectivity index (χ0n) is 12.3. The molecule has 104 valence electrons. The van der Waals surface area contributed by atoms with Crippen LogP contribution in [0.5, 0.6) is 0 Å². The van der Waals surface area contributed by atoms with Gasteiger partial charge in [-0.1, -0.05) is 60.2 Å². The van der Waals surface area contributed by atoms with E-state index in [2.05, 4.69) is 73.0 Å². The van der Waals surface area contributed by atoms with Gasteiger partial charge in [0.15, 0.2) is 0 Å². The number of hydrogen-bond acceptors (Lipinski definition) is 1. The second kappa shape index (κ2) is 4.31. The van der Waals surface area contributed by atoms with Gasteiger partial charge < -0.3 is 0 Å². The van der Waals surface area contributed by atoms with Crippen LogP contribution in [0.25, 0.3) is 42.4 Å². The molecule has 1 heteroatoms. The van der Waals surface area contributed by atoms with E-state index in [1.807, 2.05) is 11.3 Å². The largest absolute Gasteiger partial charge is 0.143 e. The van der Waals surface area contributed by atoms with Crippen LogP contribution < -0.4 is 0 Å². The highest BCUT2D eigenvalue weighted by atomic mass is 32.1. The van der Waals surface area contributed by atoms with Gasteiger partial charge in [-0.3, -0.25) is 0 Å². The van der Waals surface area contributed by atoms with Crippen molar-refractivity contribution in [2.45, 2.75) is 6.92 Å². The van der Waals surface area contributed by atoms with Gasteiger partial charge in [0.1, 0.15) is 0 Å². The Balaban J connectivity index is 2.20. The van der Waals surface area contributed by atoms with Gasteiger partial charge in [0, 0.05) is 15.5 Å². The van der Waals surface area contributed by atoms with E-state index >= 15 is 0 Å². The lowest BCUT2D eigenvalue weighted by Crippen LogP contribution is -1.83. The fourth-order valence-corrected chi connectivity index (χ4v) is 4.54. The number of thiophene rings is 1. The molecule has 0 nitrogen and oxygen atoms in total. The van der Waals surface area contributed by atoms with Gasteiger partial charge in [-0.25, -0.2) is 0 Å². The minimum Gasteiger partial charge on any atom is -0.143 e. The summed E-state index contributed by atoms with van der Waals surface area (Å²) in [6, 6.07) is 22.4. The highest BCUT2D eigenvalue weighted by Crippen LogP contribution is 2.40.